The third-order valence-electron chi connectivity index (χ3n) is 4.20. The van der Waals surface area contributed by atoms with Crippen molar-refractivity contribution in [2.75, 3.05) is 13.1 Å². The fraction of sp³-hybridized carbons (Fsp3) is 0.412. The van der Waals surface area contributed by atoms with Gasteiger partial charge in [-0.3, -0.25) is 4.79 Å². The van der Waals surface area contributed by atoms with Crippen molar-refractivity contribution in [3.8, 4) is 5.75 Å². The molecule has 0 bridgehead atoms. The largest absolute Gasteiger partial charge is 0.490 e. The smallest absolute Gasteiger partial charge is 0.245 e. The van der Waals surface area contributed by atoms with E-state index < -0.39 is 0 Å². The molecule has 1 unspecified atom stereocenters. The third-order valence-corrected chi connectivity index (χ3v) is 4.20. The van der Waals surface area contributed by atoms with E-state index in [1.165, 1.54) is 12.1 Å². The van der Waals surface area contributed by atoms with Crippen LogP contribution in [0.25, 0.3) is 0 Å². The lowest BCUT2D eigenvalue weighted by molar-refractivity contribution is -0.136. The van der Waals surface area contributed by atoms with Crippen LogP contribution < -0.4 is 4.74 Å². The first-order valence-corrected chi connectivity index (χ1v) is 7.82. The fourth-order valence-electron chi connectivity index (χ4n) is 2.79. The molecule has 0 aliphatic carbocycles. The van der Waals surface area contributed by atoms with E-state index >= 15 is 0 Å². The molecule has 1 aliphatic rings. The van der Waals surface area contributed by atoms with E-state index in [1.807, 2.05) is 16.4 Å². The van der Waals surface area contributed by atoms with E-state index in [0.717, 1.165) is 12.8 Å². The van der Waals surface area contributed by atoms with Gasteiger partial charge in [-0.2, -0.15) is 0 Å². The summed E-state index contributed by atoms with van der Waals surface area (Å²) in [5, 5.41) is 0. The summed E-state index contributed by atoms with van der Waals surface area (Å²) in [5.41, 5.74) is 0. The summed E-state index contributed by atoms with van der Waals surface area (Å²) in [6.45, 7) is 3.22. The van der Waals surface area contributed by atoms with Crippen molar-refractivity contribution in [2.45, 2.75) is 31.9 Å². The number of likely N-dealkylation sites (tertiary alicyclic amines) is 1. The average molecular weight is 317 g/mol. The Morgan fingerprint density at radius 3 is 2.61 bits per heavy atom. The van der Waals surface area contributed by atoms with Crippen molar-refractivity contribution < 1.29 is 13.9 Å². The number of piperidine rings is 1. The molecular weight excluding hydrogens is 297 g/mol. The number of imidazole rings is 1. The molecular formula is C17H20FN3O2. The van der Waals surface area contributed by atoms with Crippen molar-refractivity contribution in [1.82, 2.24) is 14.5 Å². The lowest BCUT2D eigenvalue weighted by Gasteiger charge is -2.33. The highest BCUT2D eigenvalue weighted by atomic mass is 19.1. The van der Waals surface area contributed by atoms with Crippen molar-refractivity contribution in [3.63, 3.8) is 0 Å². The minimum absolute atomic E-state index is 0.0630. The number of hydrogen-bond acceptors (Lipinski definition) is 3. The molecule has 5 nitrogen and oxygen atoms in total. The molecule has 0 spiro atoms. The number of ether oxygens (including phenoxy) is 1. The molecule has 1 aliphatic heterocycles. The molecule has 1 aromatic carbocycles. The van der Waals surface area contributed by atoms with E-state index in [4.69, 9.17) is 4.74 Å². The first kappa shape index (κ1) is 15.5. The highest BCUT2D eigenvalue weighted by molar-refractivity contribution is 5.80. The Morgan fingerprint density at radius 1 is 1.30 bits per heavy atom. The minimum atomic E-state index is -0.272. The van der Waals surface area contributed by atoms with E-state index in [9.17, 15) is 9.18 Å². The van der Waals surface area contributed by atoms with Gasteiger partial charge >= 0.3 is 0 Å². The van der Waals surface area contributed by atoms with Gasteiger partial charge in [-0.25, -0.2) is 9.37 Å². The van der Waals surface area contributed by atoms with Crippen molar-refractivity contribution in [1.29, 1.82) is 0 Å². The number of carbonyl (C=O) groups is 1. The van der Waals surface area contributed by atoms with E-state index in [2.05, 4.69) is 4.98 Å². The summed E-state index contributed by atoms with van der Waals surface area (Å²) in [4.78, 5) is 18.3. The molecule has 0 radical (unpaired) electrons. The lowest BCUT2D eigenvalue weighted by Crippen LogP contribution is -2.44. The summed E-state index contributed by atoms with van der Waals surface area (Å²) in [6.07, 6.45) is 6.75. The second-order valence-electron chi connectivity index (χ2n) is 5.78. The summed E-state index contributed by atoms with van der Waals surface area (Å²) in [5.74, 6) is 0.498. The van der Waals surface area contributed by atoms with Gasteiger partial charge in [0.15, 0.2) is 0 Å². The highest BCUT2D eigenvalue weighted by Gasteiger charge is 2.27. The van der Waals surface area contributed by atoms with Crippen LogP contribution in [0.5, 0.6) is 5.75 Å². The van der Waals surface area contributed by atoms with Crippen LogP contribution in [0.2, 0.25) is 0 Å². The predicted octanol–water partition coefficient (Wildman–Crippen LogP) is 2.65. The van der Waals surface area contributed by atoms with Gasteiger partial charge in [0, 0.05) is 38.3 Å². The molecule has 23 heavy (non-hydrogen) atoms. The first-order valence-electron chi connectivity index (χ1n) is 7.82. The monoisotopic (exact) mass is 317 g/mol. The first-order chi connectivity index (χ1) is 11.1. The average Bonchev–Trinajstić information content (AvgIpc) is 3.11. The molecule has 3 rings (SSSR count). The van der Waals surface area contributed by atoms with E-state index in [-0.39, 0.29) is 23.9 Å². The van der Waals surface area contributed by atoms with Crippen molar-refractivity contribution >= 4 is 5.91 Å². The molecule has 1 saturated heterocycles. The topological polar surface area (TPSA) is 47.4 Å². The van der Waals surface area contributed by atoms with Crippen LogP contribution >= 0.6 is 0 Å². The molecule has 122 valence electrons. The zero-order chi connectivity index (χ0) is 16.2. The number of carbonyl (C=O) groups excluding carboxylic acids is 1. The molecule has 1 aromatic heterocycles. The van der Waals surface area contributed by atoms with Crippen LogP contribution in [0, 0.1) is 5.82 Å². The van der Waals surface area contributed by atoms with E-state index in [0.29, 0.717) is 18.8 Å². The Kier molecular flexibility index (Phi) is 4.60. The summed E-state index contributed by atoms with van der Waals surface area (Å²) >= 11 is 0. The molecule has 6 heteroatoms. The molecule has 1 fully saturated rings. The SMILES string of the molecule is CC(C(=O)N1CCC(Oc2ccc(F)cc2)CC1)n1ccnc1. The Morgan fingerprint density at radius 2 is 2.00 bits per heavy atom. The van der Waals surface area contributed by atoms with Crippen LogP contribution in [-0.4, -0.2) is 39.6 Å². The Hall–Kier alpha value is -2.37. The summed E-state index contributed by atoms with van der Waals surface area (Å²) in [7, 11) is 0. The molecule has 2 heterocycles. The number of amides is 1. The zero-order valence-electron chi connectivity index (χ0n) is 13.1. The van der Waals surface area contributed by atoms with Crippen molar-refractivity contribution in [2.24, 2.45) is 0 Å². The maximum Gasteiger partial charge on any atom is 0.245 e. The molecule has 1 atom stereocenters. The Balaban J connectivity index is 1.52. The number of halogens is 1. The van der Waals surface area contributed by atoms with Gasteiger partial charge in [0.1, 0.15) is 23.7 Å². The van der Waals surface area contributed by atoms with Crippen LogP contribution in [-0.2, 0) is 4.79 Å². The third kappa shape index (κ3) is 3.70. The molecule has 1 amide bonds. The minimum Gasteiger partial charge on any atom is -0.490 e. The summed E-state index contributed by atoms with van der Waals surface area (Å²) < 4.78 is 20.6. The Labute approximate surface area is 134 Å². The van der Waals surface area contributed by atoms with Crippen LogP contribution in [0.15, 0.2) is 43.0 Å². The Bertz CT molecular complexity index is 634. The van der Waals surface area contributed by atoms with Gasteiger partial charge < -0.3 is 14.2 Å². The van der Waals surface area contributed by atoms with Crippen LogP contribution in [0.4, 0.5) is 4.39 Å². The van der Waals surface area contributed by atoms with Gasteiger partial charge in [-0.15, -0.1) is 0 Å². The number of rotatable bonds is 4. The van der Waals surface area contributed by atoms with Gasteiger partial charge in [0.05, 0.1) is 6.33 Å². The molecule has 0 N–H and O–H groups in total. The van der Waals surface area contributed by atoms with E-state index in [1.54, 1.807) is 30.9 Å². The number of hydrogen-bond donors (Lipinski definition) is 0. The maximum absolute atomic E-state index is 12.9. The zero-order valence-corrected chi connectivity index (χ0v) is 13.1. The lowest BCUT2D eigenvalue weighted by atomic mass is 10.1. The van der Waals surface area contributed by atoms with Gasteiger partial charge in [0.25, 0.3) is 0 Å². The van der Waals surface area contributed by atoms with Crippen LogP contribution in [0.1, 0.15) is 25.8 Å². The second-order valence-corrected chi connectivity index (χ2v) is 5.78. The van der Waals surface area contributed by atoms with Crippen molar-refractivity contribution in [3.05, 3.63) is 48.8 Å². The number of aromatic nitrogens is 2. The van der Waals surface area contributed by atoms with Gasteiger partial charge in [0.2, 0.25) is 5.91 Å². The normalized spacial score (nSPS) is 17.0. The maximum atomic E-state index is 12.9. The standard InChI is InChI=1S/C17H20FN3O2/c1-13(21-11-8-19-12-21)17(22)20-9-6-16(7-10-20)23-15-4-2-14(18)3-5-15/h2-5,8,11-13,16H,6-7,9-10H2,1H3. The second kappa shape index (κ2) is 6.81. The number of benzene rings is 1. The quantitative estimate of drug-likeness (QED) is 0.871. The fourth-order valence-corrected chi connectivity index (χ4v) is 2.79. The van der Waals surface area contributed by atoms with Gasteiger partial charge in [-0.05, 0) is 31.2 Å². The summed E-state index contributed by atoms with van der Waals surface area (Å²) in [6, 6.07) is 5.80. The molecule has 0 saturated carbocycles. The van der Waals surface area contributed by atoms with Gasteiger partial charge in [-0.1, -0.05) is 0 Å². The highest BCUT2D eigenvalue weighted by Crippen LogP contribution is 2.21. The number of nitrogens with zero attached hydrogens (tertiary/aromatic N) is 3. The predicted molar refractivity (Wildman–Crippen MR) is 83.6 cm³/mol. The van der Waals surface area contributed by atoms with Crippen LogP contribution in [0.3, 0.4) is 0 Å². The molecule has 2 aromatic rings.